The Kier molecular flexibility index (Phi) is 7.17. The summed E-state index contributed by atoms with van der Waals surface area (Å²) in [6, 6.07) is 10.5. The number of halogens is 1. The molecular formula is C20H25BrNO4-. The maximum absolute atomic E-state index is 5.48. The number of benzene rings is 2. The number of hydrogen-bond acceptors (Lipinski definition) is 5. The molecule has 142 valence electrons. The third-order valence-electron chi connectivity index (χ3n) is 4.69. The molecule has 1 N–H and O–H groups in total. The topological polar surface area (TPSA) is 49.0 Å². The number of ether oxygens (including phenoxy) is 4. The van der Waals surface area contributed by atoms with Crippen LogP contribution in [0.1, 0.15) is 22.7 Å². The van der Waals surface area contributed by atoms with E-state index >= 15 is 0 Å². The minimum absolute atomic E-state index is 0. The average Bonchev–Trinajstić information content (AvgIpc) is 2.66. The highest BCUT2D eigenvalue weighted by Gasteiger charge is 2.23. The molecule has 5 nitrogen and oxygen atoms in total. The Balaban J connectivity index is 0.00000243. The maximum atomic E-state index is 5.48. The van der Waals surface area contributed by atoms with E-state index in [0.29, 0.717) is 0 Å². The van der Waals surface area contributed by atoms with Gasteiger partial charge in [-0.3, -0.25) is 0 Å². The first-order chi connectivity index (χ1) is 12.2. The minimum atomic E-state index is 0. The highest BCUT2D eigenvalue weighted by atomic mass is 79.9. The zero-order chi connectivity index (χ0) is 17.8. The molecule has 6 heteroatoms. The van der Waals surface area contributed by atoms with Crippen molar-refractivity contribution in [2.24, 2.45) is 0 Å². The van der Waals surface area contributed by atoms with Crippen LogP contribution in [0.15, 0.2) is 30.3 Å². The molecule has 0 saturated carbocycles. The summed E-state index contributed by atoms with van der Waals surface area (Å²) in [6.45, 7) is 0.945. The smallest absolute Gasteiger partial charge is 0.161 e. The predicted molar refractivity (Wildman–Crippen MR) is 97.2 cm³/mol. The first-order valence-electron chi connectivity index (χ1n) is 8.39. The first-order valence-corrected chi connectivity index (χ1v) is 8.39. The molecule has 0 fully saturated rings. The average molecular weight is 423 g/mol. The molecule has 1 unspecified atom stereocenters. The lowest BCUT2D eigenvalue weighted by Gasteiger charge is -2.28. The summed E-state index contributed by atoms with van der Waals surface area (Å²) >= 11 is 0. The lowest BCUT2D eigenvalue weighted by molar-refractivity contribution is -0.00000625. The highest BCUT2D eigenvalue weighted by Crippen LogP contribution is 2.37. The van der Waals surface area contributed by atoms with Crippen LogP contribution < -0.4 is 41.2 Å². The minimum Gasteiger partial charge on any atom is -1.00 e. The van der Waals surface area contributed by atoms with Crippen molar-refractivity contribution in [2.75, 3.05) is 35.0 Å². The number of methoxy groups -OCH3 is 4. The van der Waals surface area contributed by atoms with E-state index in [1.807, 2.05) is 12.1 Å². The van der Waals surface area contributed by atoms with Crippen LogP contribution in [0.25, 0.3) is 0 Å². The van der Waals surface area contributed by atoms with Gasteiger partial charge in [0.05, 0.1) is 28.4 Å². The largest absolute Gasteiger partial charge is 1.00 e. The summed E-state index contributed by atoms with van der Waals surface area (Å²) in [4.78, 5) is 0. The molecule has 2 aromatic carbocycles. The maximum Gasteiger partial charge on any atom is 0.161 e. The van der Waals surface area contributed by atoms with Gasteiger partial charge in [-0.15, -0.1) is 0 Å². The second kappa shape index (κ2) is 9.14. The molecule has 0 saturated heterocycles. The van der Waals surface area contributed by atoms with E-state index in [-0.39, 0.29) is 23.0 Å². The number of hydrogen-bond donors (Lipinski definition) is 1. The Labute approximate surface area is 165 Å². The van der Waals surface area contributed by atoms with Crippen molar-refractivity contribution in [2.45, 2.75) is 18.9 Å². The van der Waals surface area contributed by atoms with Gasteiger partial charge in [-0.1, -0.05) is 6.07 Å². The summed E-state index contributed by atoms with van der Waals surface area (Å²) < 4.78 is 21.7. The van der Waals surface area contributed by atoms with E-state index in [4.69, 9.17) is 18.9 Å². The fourth-order valence-electron chi connectivity index (χ4n) is 3.39. The van der Waals surface area contributed by atoms with Gasteiger partial charge in [-0.2, -0.15) is 0 Å². The monoisotopic (exact) mass is 422 g/mol. The Hall–Kier alpha value is -1.92. The second-order valence-corrected chi connectivity index (χ2v) is 6.06. The number of rotatable bonds is 6. The van der Waals surface area contributed by atoms with Gasteiger partial charge in [0, 0.05) is 6.04 Å². The molecule has 0 amide bonds. The summed E-state index contributed by atoms with van der Waals surface area (Å²) in [5.41, 5.74) is 3.76. The van der Waals surface area contributed by atoms with Crippen molar-refractivity contribution in [1.82, 2.24) is 5.32 Å². The predicted octanol–water partition coefficient (Wildman–Crippen LogP) is 0.155. The summed E-state index contributed by atoms with van der Waals surface area (Å²) in [5, 5.41) is 3.61. The van der Waals surface area contributed by atoms with Gasteiger partial charge in [-0.05, 0) is 60.3 Å². The molecule has 0 aliphatic carbocycles. The SMILES string of the molecule is COc1ccc(CC2NCCc3cc(OC)c(OC)cc32)cc1OC.[Br-]. The van der Waals surface area contributed by atoms with Crippen molar-refractivity contribution in [1.29, 1.82) is 0 Å². The van der Waals surface area contributed by atoms with Gasteiger partial charge in [0.2, 0.25) is 0 Å². The molecular weight excluding hydrogens is 398 g/mol. The zero-order valence-electron chi connectivity index (χ0n) is 15.6. The molecule has 1 heterocycles. The van der Waals surface area contributed by atoms with Crippen molar-refractivity contribution < 1.29 is 35.9 Å². The van der Waals surface area contributed by atoms with E-state index in [1.165, 1.54) is 16.7 Å². The third-order valence-corrected chi connectivity index (χ3v) is 4.69. The van der Waals surface area contributed by atoms with Gasteiger partial charge < -0.3 is 41.2 Å². The van der Waals surface area contributed by atoms with Crippen molar-refractivity contribution in [3.63, 3.8) is 0 Å². The summed E-state index contributed by atoms with van der Waals surface area (Å²) in [7, 11) is 6.65. The van der Waals surface area contributed by atoms with Gasteiger partial charge in [-0.25, -0.2) is 0 Å². The first kappa shape index (κ1) is 20.4. The van der Waals surface area contributed by atoms with E-state index < -0.39 is 0 Å². The van der Waals surface area contributed by atoms with E-state index in [2.05, 4.69) is 23.5 Å². The molecule has 0 radical (unpaired) electrons. The van der Waals surface area contributed by atoms with Crippen LogP contribution in [-0.2, 0) is 12.8 Å². The fraction of sp³-hybridized carbons (Fsp3) is 0.400. The summed E-state index contributed by atoms with van der Waals surface area (Å²) in [6.07, 6.45) is 1.85. The van der Waals surface area contributed by atoms with Gasteiger partial charge >= 0.3 is 0 Å². The Morgan fingerprint density at radius 1 is 0.846 bits per heavy atom. The third kappa shape index (κ3) is 4.07. The van der Waals surface area contributed by atoms with E-state index in [0.717, 1.165) is 42.4 Å². The number of nitrogens with one attached hydrogen (secondary N) is 1. The van der Waals surface area contributed by atoms with Gasteiger partial charge in [0.1, 0.15) is 0 Å². The van der Waals surface area contributed by atoms with Crippen LogP contribution >= 0.6 is 0 Å². The molecule has 0 aromatic heterocycles. The van der Waals surface area contributed by atoms with Crippen molar-refractivity contribution in [3.05, 3.63) is 47.0 Å². The van der Waals surface area contributed by atoms with E-state index in [9.17, 15) is 0 Å². The van der Waals surface area contributed by atoms with Crippen LogP contribution in [0.5, 0.6) is 23.0 Å². The van der Waals surface area contributed by atoms with Crippen molar-refractivity contribution >= 4 is 0 Å². The molecule has 0 spiro atoms. The lowest BCUT2D eigenvalue weighted by Crippen LogP contribution is -3.00. The van der Waals surface area contributed by atoms with Crippen LogP contribution in [0.3, 0.4) is 0 Å². The molecule has 0 bridgehead atoms. The van der Waals surface area contributed by atoms with Gasteiger partial charge in [0.25, 0.3) is 0 Å². The van der Waals surface area contributed by atoms with Crippen molar-refractivity contribution in [3.8, 4) is 23.0 Å². The van der Waals surface area contributed by atoms with Gasteiger partial charge in [0.15, 0.2) is 23.0 Å². The van der Waals surface area contributed by atoms with Crippen LogP contribution in [0, 0.1) is 0 Å². The van der Waals surface area contributed by atoms with Crippen LogP contribution in [0.4, 0.5) is 0 Å². The van der Waals surface area contributed by atoms with Crippen LogP contribution in [-0.4, -0.2) is 35.0 Å². The Morgan fingerprint density at radius 3 is 2.12 bits per heavy atom. The van der Waals surface area contributed by atoms with E-state index in [1.54, 1.807) is 28.4 Å². The normalized spacial score (nSPS) is 15.5. The standard InChI is InChI=1S/C20H25NO4.BrH/c1-22-17-6-5-13(10-18(17)23-2)9-16-15-12-20(25-4)19(24-3)11-14(15)7-8-21-16;/h5-6,10-12,16,21H,7-9H2,1-4H3;1H/p-1. The molecule has 2 aromatic rings. The Bertz CT molecular complexity index is 751. The Morgan fingerprint density at radius 2 is 1.46 bits per heavy atom. The number of fused-ring (bicyclic) bond motifs is 1. The molecule has 1 aliphatic heterocycles. The second-order valence-electron chi connectivity index (χ2n) is 6.06. The summed E-state index contributed by atoms with van der Waals surface area (Å²) in [5.74, 6) is 3.05. The molecule has 1 aliphatic rings. The van der Waals surface area contributed by atoms with Crippen LogP contribution in [0.2, 0.25) is 0 Å². The molecule has 1 atom stereocenters. The quantitative estimate of drug-likeness (QED) is 0.718. The molecule has 3 rings (SSSR count). The molecule has 26 heavy (non-hydrogen) atoms. The highest BCUT2D eigenvalue weighted by molar-refractivity contribution is 5.50. The fourth-order valence-corrected chi connectivity index (χ4v) is 3.39. The zero-order valence-corrected chi connectivity index (χ0v) is 17.2. The lowest BCUT2D eigenvalue weighted by atomic mass is 9.89.